The molecular weight excluding hydrogens is 302 g/mol. The predicted molar refractivity (Wildman–Crippen MR) is 72.9 cm³/mol. The summed E-state index contributed by atoms with van der Waals surface area (Å²) >= 11 is 0. The van der Waals surface area contributed by atoms with Crippen molar-refractivity contribution in [2.24, 2.45) is 5.16 Å². The van der Waals surface area contributed by atoms with E-state index in [0.29, 0.717) is 11.8 Å². The second kappa shape index (κ2) is 6.00. The van der Waals surface area contributed by atoms with Crippen LogP contribution in [0.1, 0.15) is 18.2 Å². The van der Waals surface area contributed by atoms with E-state index >= 15 is 0 Å². The molecule has 0 amide bonds. The van der Waals surface area contributed by atoms with Crippen molar-refractivity contribution < 1.29 is 22.8 Å². The molecule has 0 aliphatic heterocycles. The molecule has 0 bridgehead atoms. The highest BCUT2D eigenvalue weighted by molar-refractivity contribution is 5.96. The Bertz CT molecular complexity index is 696. The number of oxime groups is 1. The lowest BCUT2D eigenvalue weighted by atomic mass is 10.1. The lowest BCUT2D eigenvalue weighted by Gasteiger charge is -2.14. The maximum atomic E-state index is 13.0. The van der Waals surface area contributed by atoms with Gasteiger partial charge in [0.2, 0.25) is 0 Å². The number of pyridine rings is 1. The summed E-state index contributed by atoms with van der Waals surface area (Å²) in [7, 11) is 0. The maximum Gasteiger partial charge on any atom is 0.418 e. The topological polar surface area (TPSA) is 57.5 Å². The van der Waals surface area contributed by atoms with E-state index in [0.717, 1.165) is 12.1 Å². The first-order chi connectivity index (χ1) is 10.3. The molecule has 0 fully saturated rings. The number of benzene rings is 1. The van der Waals surface area contributed by atoms with Crippen molar-refractivity contribution in [1.82, 2.24) is 4.98 Å². The molecule has 116 valence electrons. The van der Waals surface area contributed by atoms with Crippen LogP contribution >= 0.6 is 0 Å². The van der Waals surface area contributed by atoms with E-state index in [1.54, 1.807) is 0 Å². The first-order valence-electron chi connectivity index (χ1n) is 6.10. The molecule has 1 heterocycles. The molecule has 0 aliphatic carbocycles. The van der Waals surface area contributed by atoms with E-state index in [1.165, 1.54) is 25.3 Å². The molecule has 0 radical (unpaired) electrons. The van der Waals surface area contributed by atoms with Gasteiger partial charge in [-0.2, -0.15) is 13.2 Å². The first kappa shape index (κ1) is 15.7. The van der Waals surface area contributed by atoms with Gasteiger partial charge >= 0.3 is 6.18 Å². The molecule has 1 aromatic carbocycles. The molecule has 0 unspecified atom stereocenters. The number of aromatic nitrogens is 1. The van der Waals surface area contributed by atoms with Crippen molar-refractivity contribution in [3.8, 4) is 0 Å². The summed E-state index contributed by atoms with van der Waals surface area (Å²) in [4.78, 5) is 3.95. The molecule has 0 aliphatic rings. The molecule has 0 saturated heterocycles. The fourth-order valence-electron chi connectivity index (χ4n) is 1.75. The molecule has 22 heavy (non-hydrogen) atoms. The second-order valence-electron chi connectivity index (χ2n) is 4.43. The van der Waals surface area contributed by atoms with Gasteiger partial charge < -0.3 is 10.5 Å². The van der Waals surface area contributed by atoms with Gasteiger partial charge in [0.1, 0.15) is 11.5 Å². The summed E-state index contributed by atoms with van der Waals surface area (Å²) in [5.74, 6) is -0.971. The van der Waals surface area contributed by atoms with Crippen molar-refractivity contribution in [1.29, 1.82) is 0 Å². The van der Waals surface area contributed by atoms with E-state index in [4.69, 9.17) is 5.21 Å². The minimum Gasteiger partial charge on any atom is -0.411 e. The van der Waals surface area contributed by atoms with Crippen LogP contribution in [0.15, 0.2) is 41.7 Å². The summed E-state index contributed by atoms with van der Waals surface area (Å²) in [6.07, 6.45) is -3.40. The van der Waals surface area contributed by atoms with Crippen molar-refractivity contribution in [2.45, 2.75) is 13.1 Å². The van der Waals surface area contributed by atoms with Crippen molar-refractivity contribution in [2.75, 3.05) is 5.32 Å². The molecule has 0 spiro atoms. The Morgan fingerprint density at radius 1 is 1.23 bits per heavy atom. The average molecular weight is 313 g/mol. The Kier molecular flexibility index (Phi) is 4.30. The predicted octanol–water partition coefficient (Wildman–Crippen LogP) is 4.18. The number of nitrogens with one attached hydrogen (secondary N) is 1. The number of hydrogen-bond donors (Lipinski definition) is 2. The van der Waals surface area contributed by atoms with E-state index in [-0.39, 0.29) is 17.1 Å². The van der Waals surface area contributed by atoms with Crippen LogP contribution in [0.2, 0.25) is 0 Å². The van der Waals surface area contributed by atoms with Gasteiger partial charge in [0.15, 0.2) is 0 Å². The van der Waals surface area contributed by atoms with Crippen LogP contribution in [-0.4, -0.2) is 15.9 Å². The molecule has 8 heteroatoms. The minimum atomic E-state index is -4.68. The largest absolute Gasteiger partial charge is 0.418 e. The molecule has 0 saturated carbocycles. The standard InChI is InChI=1S/C14H11F4N3O/c1-8(21-22)12-5-3-10(7-19-12)20-13-4-2-9(15)6-11(13)14(16,17)18/h2-7,20,22H,1H3. The van der Waals surface area contributed by atoms with Gasteiger partial charge in [-0.25, -0.2) is 4.39 Å². The number of alkyl halides is 3. The highest BCUT2D eigenvalue weighted by Crippen LogP contribution is 2.36. The summed E-state index contributed by atoms with van der Waals surface area (Å²) < 4.78 is 51.7. The third-order valence-electron chi connectivity index (χ3n) is 2.85. The summed E-state index contributed by atoms with van der Waals surface area (Å²) in [6.45, 7) is 1.52. The molecule has 4 nitrogen and oxygen atoms in total. The normalized spacial score (nSPS) is 12.3. The number of rotatable bonds is 3. The van der Waals surface area contributed by atoms with Gasteiger partial charge in [0.05, 0.1) is 28.8 Å². The second-order valence-corrected chi connectivity index (χ2v) is 4.43. The Morgan fingerprint density at radius 2 is 1.95 bits per heavy atom. The third kappa shape index (κ3) is 3.51. The van der Waals surface area contributed by atoms with Crippen molar-refractivity contribution >= 4 is 17.1 Å². The molecule has 2 N–H and O–H groups in total. The van der Waals surface area contributed by atoms with Crippen LogP contribution in [0.25, 0.3) is 0 Å². The number of nitrogens with zero attached hydrogens (tertiary/aromatic N) is 2. The van der Waals surface area contributed by atoms with Crippen LogP contribution < -0.4 is 5.32 Å². The van der Waals surface area contributed by atoms with E-state index in [2.05, 4.69) is 15.5 Å². The van der Waals surface area contributed by atoms with E-state index in [1.807, 2.05) is 0 Å². The summed E-state index contributed by atoms with van der Waals surface area (Å²) in [5, 5.41) is 14.1. The molecule has 1 aromatic heterocycles. The summed E-state index contributed by atoms with van der Waals surface area (Å²) in [5.41, 5.74) is -0.459. The zero-order valence-corrected chi connectivity index (χ0v) is 11.3. The SMILES string of the molecule is CC(=NO)c1ccc(Nc2ccc(F)cc2C(F)(F)F)cn1. The van der Waals surface area contributed by atoms with E-state index < -0.39 is 17.6 Å². The highest BCUT2D eigenvalue weighted by Gasteiger charge is 2.34. The number of hydrogen-bond acceptors (Lipinski definition) is 4. The van der Waals surface area contributed by atoms with E-state index in [9.17, 15) is 17.6 Å². The highest BCUT2D eigenvalue weighted by atomic mass is 19.4. The molecule has 2 aromatic rings. The molecular formula is C14H11F4N3O. The minimum absolute atomic E-state index is 0.268. The Hall–Kier alpha value is -2.64. The smallest absolute Gasteiger partial charge is 0.411 e. The van der Waals surface area contributed by atoms with Gasteiger partial charge in [0, 0.05) is 0 Å². The van der Waals surface area contributed by atoms with Gasteiger partial charge in [-0.15, -0.1) is 0 Å². The van der Waals surface area contributed by atoms with Gasteiger partial charge in [0.25, 0.3) is 0 Å². The lowest BCUT2D eigenvalue weighted by Crippen LogP contribution is -2.09. The summed E-state index contributed by atoms with van der Waals surface area (Å²) in [6, 6.07) is 5.32. The van der Waals surface area contributed by atoms with Crippen LogP contribution in [0.4, 0.5) is 28.9 Å². The van der Waals surface area contributed by atoms with Crippen LogP contribution in [-0.2, 0) is 6.18 Å². The van der Waals surface area contributed by atoms with Gasteiger partial charge in [-0.3, -0.25) is 4.98 Å². The Labute approximate surface area is 123 Å². The number of anilines is 2. The monoisotopic (exact) mass is 313 g/mol. The fourth-order valence-corrected chi connectivity index (χ4v) is 1.75. The Balaban J connectivity index is 2.31. The van der Waals surface area contributed by atoms with Gasteiger partial charge in [-0.05, 0) is 37.3 Å². The lowest BCUT2D eigenvalue weighted by molar-refractivity contribution is -0.137. The zero-order valence-electron chi connectivity index (χ0n) is 11.3. The van der Waals surface area contributed by atoms with Crippen LogP contribution in [0.3, 0.4) is 0 Å². The average Bonchev–Trinajstić information content (AvgIpc) is 2.48. The third-order valence-corrected chi connectivity index (χ3v) is 2.85. The fraction of sp³-hybridized carbons (Fsp3) is 0.143. The van der Waals surface area contributed by atoms with Crippen LogP contribution in [0, 0.1) is 5.82 Å². The van der Waals surface area contributed by atoms with Crippen molar-refractivity contribution in [3.05, 3.63) is 53.6 Å². The molecule has 0 atom stereocenters. The van der Waals surface area contributed by atoms with Crippen LogP contribution in [0.5, 0.6) is 0 Å². The Morgan fingerprint density at radius 3 is 2.50 bits per heavy atom. The zero-order chi connectivity index (χ0) is 16.3. The number of halogens is 4. The quantitative estimate of drug-likeness (QED) is 0.387. The molecule has 2 rings (SSSR count). The first-order valence-corrected chi connectivity index (χ1v) is 6.10. The maximum absolute atomic E-state index is 13.0. The van der Waals surface area contributed by atoms with Gasteiger partial charge in [-0.1, -0.05) is 5.16 Å². The van der Waals surface area contributed by atoms with Crippen molar-refractivity contribution in [3.63, 3.8) is 0 Å².